The summed E-state index contributed by atoms with van der Waals surface area (Å²) in [4.78, 5) is 36.1. The van der Waals surface area contributed by atoms with Gasteiger partial charge in [-0.2, -0.15) is 0 Å². The Labute approximate surface area is 118 Å². The van der Waals surface area contributed by atoms with E-state index in [-0.39, 0.29) is 12.5 Å². The molecule has 7 nitrogen and oxygen atoms in total. The van der Waals surface area contributed by atoms with E-state index >= 15 is 0 Å². The first-order valence-electron chi connectivity index (χ1n) is 6.69. The molecule has 114 valence electrons. The molecule has 0 aliphatic carbocycles. The number of urea groups is 1. The van der Waals surface area contributed by atoms with Gasteiger partial charge in [0.15, 0.2) is 0 Å². The summed E-state index contributed by atoms with van der Waals surface area (Å²) < 4.78 is 0. The zero-order valence-corrected chi connectivity index (χ0v) is 12.4. The van der Waals surface area contributed by atoms with Gasteiger partial charge in [-0.25, -0.2) is 4.79 Å². The monoisotopic (exact) mass is 285 g/mol. The van der Waals surface area contributed by atoms with Crippen molar-refractivity contribution < 1.29 is 19.5 Å². The number of imide groups is 1. The third kappa shape index (κ3) is 4.80. The van der Waals surface area contributed by atoms with Crippen molar-refractivity contribution in [2.45, 2.75) is 45.7 Å². The van der Waals surface area contributed by atoms with Gasteiger partial charge in [0.2, 0.25) is 5.91 Å². The van der Waals surface area contributed by atoms with Crippen LogP contribution in [0.5, 0.6) is 0 Å². The fraction of sp³-hybridized carbons (Fsp3) is 0.769. The van der Waals surface area contributed by atoms with E-state index in [0.717, 1.165) is 6.42 Å². The van der Waals surface area contributed by atoms with Crippen molar-refractivity contribution in [1.82, 2.24) is 15.5 Å². The third-order valence-corrected chi connectivity index (χ3v) is 3.15. The maximum Gasteiger partial charge on any atom is 0.321 e. The number of hydrogen-bond donors (Lipinski definition) is 3. The molecule has 1 saturated heterocycles. The smallest absolute Gasteiger partial charge is 0.321 e. The first kappa shape index (κ1) is 16.4. The van der Waals surface area contributed by atoms with E-state index in [0.29, 0.717) is 6.54 Å². The minimum absolute atomic E-state index is 0.00343. The van der Waals surface area contributed by atoms with E-state index in [1.807, 2.05) is 6.92 Å². The van der Waals surface area contributed by atoms with E-state index in [9.17, 15) is 14.4 Å². The molecule has 1 fully saturated rings. The zero-order valence-electron chi connectivity index (χ0n) is 12.4. The number of likely N-dealkylation sites (tertiary alicyclic amines) is 1. The van der Waals surface area contributed by atoms with Crippen LogP contribution in [-0.4, -0.2) is 52.6 Å². The Hall–Kier alpha value is -1.63. The van der Waals surface area contributed by atoms with Crippen LogP contribution in [0.4, 0.5) is 4.79 Å². The van der Waals surface area contributed by atoms with Crippen molar-refractivity contribution in [3.63, 3.8) is 0 Å². The molecule has 2 unspecified atom stereocenters. The number of nitrogens with zero attached hydrogens (tertiary/aromatic N) is 1. The molecule has 0 aromatic carbocycles. The highest BCUT2D eigenvalue weighted by Gasteiger charge is 2.37. The van der Waals surface area contributed by atoms with Gasteiger partial charge in [-0.05, 0) is 39.7 Å². The highest BCUT2D eigenvalue weighted by atomic mass is 16.4. The van der Waals surface area contributed by atoms with E-state index < -0.39 is 29.5 Å². The third-order valence-electron chi connectivity index (χ3n) is 3.15. The summed E-state index contributed by atoms with van der Waals surface area (Å²) in [5, 5.41) is 14.0. The fourth-order valence-corrected chi connectivity index (χ4v) is 2.33. The molecule has 1 heterocycles. The van der Waals surface area contributed by atoms with Gasteiger partial charge in [0.25, 0.3) is 0 Å². The van der Waals surface area contributed by atoms with Crippen LogP contribution in [0.25, 0.3) is 0 Å². The Balaban J connectivity index is 2.50. The van der Waals surface area contributed by atoms with Gasteiger partial charge in [0.1, 0.15) is 6.04 Å². The largest absolute Gasteiger partial charge is 0.480 e. The van der Waals surface area contributed by atoms with Gasteiger partial charge < -0.3 is 10.4 Å². The lowest BCUT2D eigenvalue weighted by molar-refractivity contribution is -0.143. The number of hydrogen-bond acceptors (Lipinski definition) is 4. The van der Waals surface area contributed by atoms with Crippen molar-refractivity contribution in [3.05, 3.63) is 0 Å². The fourth-order valence-electron chi connectivity index (χ4n) is 2.33. The number of rotatable bonds is 3. The average Bonchev–Trinajstić information content (AvgIpc) is 2.55. The lowest BCUT2D eigenvalue weighted by atomic mass is 10.0. The maximum absolute atomic E-state index is 11.8. The SMILES string of the molecule is CC1CCN(CC(=O)NC(=O)NC(C)(C)C)C1C(=O)O. The van der Waals surface area contributed by atoms with Crippen molar-refractivity contribution in [2.75, 3.05) is 13.1 Å². The molecule has 7 heteroatoms. The molecule has 0 saturated carbocycles. The van der Waals surface area contributed by atoms with E-state index in [1.165, 1.54) is 0 Å². The van der Waals surface area contributed by atoms with E-state index in [2.05, 4.69) is 10.6 Å². The predicted molar refractivity (Wildman–Crippen MR) is 73.2 cm³/mol. The number of carboxylic acid groups (broad SMARTS) is 1. The minimum Gasteiger partial charge on any atom is -0.480 e. The van der Waals surface area contributed by atoms with Gasteiger partial charge in [0, 0.05) is 5.54 Å². The second-order valence-corrected chi connectivity index (χ2v) is 6.27. The summed E-state index contributed by atoms with van der Waals surface area (Å²) in [6, 6.07) is -1.23. The summed E-state index contributed by atoms with van der Waals surface area (Å²) in [6.45, 7) is 7.73. The highest BCUT2D eigenvalue weighted by molar-refractivity contribution is 5.95. The van der Waals surface area contributed by atoms with Crippen LogP contribution >= 0.6 is 0 Å². The lowest BCUT2D eigenvalue weighted by Gasteiger charge is -2.23. The van der Waals surface area contributed by atoms with Gasteiger partial charge in [-0.15, -0.1) is 0 Å². The van der Waals surface area contributed by atoms with Crippen LogP contribution in [0.1, 0.15) is 34.1 Å². The summed E-state index contributed by atoms with van der Waals surface area (Å²) in [5.74, 6) is -1.42. The molecular weight excluding hydrogens is 262 g/mol. The number of amides is 3. The van der Waals surface area contributed by atoms with E-state index in [1.54, 1.807) is 25.7 Å². The van der Waals surface area contributed by atoms with Gasteiger partial charge in [0.05, 0.1) is 6.54 Å². The summed E-state index contributed by atoms with van der Waals surface area (Å²) in [5.41, 5.74) is -0.434. The Morgan fingerprint density at radius 2 is 1.90 bits per heavy atom. The summed E-state index contributed by atoms with van der Waals surface area (Å²) >= 11 is 0. The molecule has 3 N–H and O–H groups in total. The van der Waals surface area contributed by atoms with Crippen molar-refractivity contribution in [3.8, 4) is 0 Å². The molecule has 2 atom stereocenters. The van der Waals surface area contributed by atoms with Gasteiger partial charge in [-0.3, -0.25) is 19.8 Å². The molecule has 1 aliphatic heterocycles. The summed E-state index contributed by atoms with van der Waals surface area (Å²) in [7, 11) is 0. The Morgan fingerprint density at radius 1 is 1.30 bits per heavy atom. The highest BCUT2D eigenvalue weighted by Crippen LogP contribution is 2.23. The average molecular weight is 285 g/mol. The Bertz CT molecular complexity index is 403. The van der Waals surface area contributed by atoms with Gasteiger partial charge in [-0.1, -0.05) is 6.92 Å². The molecule has 0 bridgehead atoms. The van der Waals surface area contributed by atoms with Crippen LogP contribution in [0, 0.1) is 5.92 Å². The van der Waals surface area contributed by atoms with Crippen LogP contribution in [0.15, 0.2) is 0 Å². The Kier molecular flexibility index (Phi) is 5.10. The van der Waals surface area contributed by atoms with Crippen molar-refractivity contribution in [2.24, 2.45) is 5.92 Å². The summed E-state index contributed by atoms with van der Waals surface area (Å²) in [6.07, 6.45) is 0.735. The van der Waals surface area contributed by atoms with Crippen LogP contribution < -0.4 is 10.6 Å². The molecule has 0 spiro atoms. The molecule has 1 rings (SSSR count). The Morgan fingerprint density at radius 3 is 2.40 bits per heavy atom. The quantitative estimate of drug-likeness (QED) is 0.697. The number of carbonyl (C=O) groups is 3. The second kappa shape index (κ2) is 6.21. The first-order chi connectivity index (χ1) is 9.10. The van der Waals surface area contributed by atoms with Crippen LogP contribution in [0.3, 0.4) is 0 Å². The number of nitrogens with one attached hydrogen (secondary N) is 2. The first-order valence-corrected chi connectivity index (χ1v) is 6.69. The van der Waals surface area contributed by atoms with Crippen LogP contribution in [-0.2, 0) is 9.59 Å². The second-order valence-electron chi connectivity index (χ2n) is 6.27. The van der Waals surface area contributed by atoms with Crippen molar-refractivity contribution in [1.29, 1.82) is 0 Å². The molecule has 3 amide bonds. The molecule has 0 aromatic rings. The molecule has 1 aliphatic rings. The molecule has 0 radical (unpaired) electrons. The normalized spacial score (nSPS) is 23.4. The minimum atomic E-state index is -0.929. The van der Waals surface area contributed by atoms with E-state index in [4.69, 9.17) is 5.11 Å². The zero-order chi connectivity index (χ0) is 15.5. The van der Waals surface area contributed by atoms with Crippen LogP contribution in [0.2, 0.25) is 0 Å². The predicted octanol–water partition coefficient (Wildman–Crippen LogP) is 0.406. The standard InChI is InChI=1S/C13H23N3O4/c1-8-5-6-16(10(8)11(18)19)7-9(17)14-12(20)15-13(2,3)4/h8,10H,5-7H2,1-4H3,(H,18,19)(H2,14,15,17,20). The molecular formula is C13H23N3O4. The van der Waals surface area contributed by atoms with Gasteiger partial charge >= 0.3 is 12.0 Å². The number of carbonyl (C=O) groups excluding carboxylic acids is 2. The topological polar surface area (TPSA) is 98.7 Å². The maximum atomic E-state index is 11.8. The molecule has 0 aromatic heterocycles. The van der Waals surface area contributed by atoms with Crippen molar-refractivity contribution >= 4 is 17.9 Å². The lowest BCUT2D eigenvalue weighted by Crippen LogP contribution is -2.51. The molecule has 20 heavy (non-hydrogen) atoms. The number of carboxylic acids is 1. The number of aliphatic carboxylic acids is 1.